The number of amidine groups is 1. The maximum atomic E-state index is 11.8. The molecule has 2 rings (SSSR count). The van der Waals surface area contributed by atoms with E-state index in [4.69, 9.17) is 9.47 Å². The predicted octanol–water partition coefficient (Wildman–Crippen LogP) is 0.705. The first kappa shape index (κ1) is 10.0. The summed E-state index contributed by atoms with van der Waals surface area (Å²) < 4.78 is 10.1. The molecule has 5 heteroatoms. The molecule has 0 aromatic rings. The van der Waals surface area contributed by atoms with Crippen molar-refractivity contribution in [3.05, 3.63) is 12.2 Å². The van der Waals surface area contributed by atoms with E-state index in [1.165, 1.54) is 14.2 Å². The Morgan fingerprint density at radius 1 is 1.40 bits per heavy atom. The SMILES string of the molecule is COC1=NC(=O)C2(OC)CCC=CC2=N1. The highest BCUT2D eigenvalue weighted by Gasteiger charge is 2.46. The van der Waals surface area contributed by atoms with Crippen LogP contribution in [0.15, 0.2) is 22.1 Å². The van der Waals surface area contributed by atoms with Crippen molar-refractivity contribution in [2.45, 2.75) is 18.4 Å². The fourth-order valence-corrected chi connectivity index (χ4v) is 1.78. The standard InChI is InChI=1S/C10H12N2O3/c1-14-9-11-7-5-3-4-6-10(7,15-2)8(13)12-9/h3,5H,4,6H2,1-2H3. The van der Waals surface area contributed by atoms with E-state index in [0.29, 0.717) is 12.1 Å². The summed E-state index contributed by atoms with van der Waals surface area (Å²) in [6.07, 6.45) is 5.12. The van der Waals surface area contributed by atoms with Gasteiger partial charge in [0.1, 0.15) is 0 Å². The van der Waals surface area contributed by atoms with Crippen LogP contribution in [0.5, 0.6) is 0 Å². The Morgan fingerprint density at radius 3 is 2.87 bits per heavy atom. The van der Waals surface area contributed by atoms with Gasteiger partial charge in [0.15, 0.2) is 5.60 Å². The molecular formula is C10H12N2O3. The monoisotopic (exact) mass is 208 g/mol. The number of allylic oxidation sites excluding steroid dienone is 1. The number of hydrogen-bond acceptors (Lipinski definition) is 4. The molecule has 0 aromatic heterocycles. The molecule has 1 atom stereocenters. The van der Waals surface area contributed by atoms with E-state index in [1.807, 2.05) is 6.08 Å². The van der Waals surface area contributed by atoms with Gasteiger partial charge in [0.2, 0.25) is 0 Å². The minimum Gasteiger partial charge on any atom is -0.467 e. The molecule has 80 valence electrons. The Kier molecular flexibility index (Phi) is 2.40. The molecule has 0 saturated carbocycles. The van der Waals surface area contributed by atoms with Crippen LogP contribution in [0.1, 0.15) is 12.8 Å². The normalized spacial score (nSPS) is 29.3. The summed E-state index contributed by atoms with van der Waals surface area (Å²) in [6.45, 7) is 0. The minimum atomic E-state index is -0.989. The molecule has 5 nitrogen and oxygen atoms in total. The maximum absolute atomic E-state index is 11.8. The number of amides is 1. The first-order chi connectivity index (χ1) is 7.23. The van der Waals surface area contributed by atoms with Gasteiger partial charge in [-0.05, 0) is 18.9 Å². The van der Waals surface area contributed by atoms with Crippen molar-refractivity contribution in [3.63, 3.8) is 0 Å². The van der Waals surface area contributed by atoms with Crippen LogP contribution in [0, 0.1) is 0 Å². The second-order valence-electron chi connectivity index (χ2n) is 3.37. The summed E-state index contributed by atoms with van der Waals surface area (Å²) >= 11 is 0. The highest BCUT2D eigenvalue weighted by Crippen LogP contribution is 2.29. The Balaban J connectivity index is 2.47. The van der Waals surface area contributed by atoms with Crippen LogP contribution in [0.3, 0.4) is 0 Å². The van der Waals surface area contributed by atoms with E-state index in [-0.39, 0.29) is 11.9 Å². The fraction of sp³-hybridized carbons (Fsp3) is 0.500. The third-order valence-corrected chi connectivity index (χ3v) is 2.64. The van der Waals surface area contributed by atoms with Gasteiger partial charge in [-0.15, -0.1) is 0 Å². The summed E-state index contributed by atoms with van der Waals surface area (Å²) in [5, 5.41) is 0. The molecule has 1 unspecified atom stereocenters. The van der Waals surface area contributed by atoms with Crippen molar-refractivity contribution in [1.82, 2.24) is 0 Å². The number of ether oxygens (including phenoxy) is 2. The van der Waals surface area contributed by atoms with Crippen LogP contribution in [0.2, 0.25) is 0 Å². The minimum absolute atomic E-state index is 0.0919. The summed E-state index contributed by atoms with van der Waals surface area (Å²) in [5.74, 6) is -0.337. The van der Waals surface area contributed by atoms with Gasteiger partial charge in [0.25, 0.3) is 5.91 Å². The summed E-state index contributed by atoms with van der Waals surface area (Å²) in [7, 11) is 2.93. The van der Waals surface area contributed by atoms with Gasteiger partial charge in [0, 0.05) is 7.11 Å². The van der Waals surface area contributed by atoms with Crippen molar-refractivity contribution in [3.8, 4) is 0 Å². The first-order valence-corrected chi connectivity index (χ1v) is 4.71. The van der Waals surface area contributed by atoms with Gasteiger partial charge in [-0.1, -0.05) is 6.08 Å². The Morgan fingerprint density at radius 2 is 2.20 bits per heavy atom. The Labute approximate surface area is 87.5 Å². The lowest BCUT2D eigenvalue weighted by Crippen LogP contribution is -2.50. The van der Waals surface area contributed by atoms with Gasteiger partial charge in [0.05, 0.1) is 12.8 Å². The molecule has 1 aliphatic heterocycles. The van der Waals surface area contributed by atoms with Crippen LogP contribution in [0.4, 0.5) is 0 Å². The second-order valence-corrected chi connectivity index (χ2v) is 3.37. The molecule has 0 bridgehead atoms. The van der Waals surface area contributed by atoms with Gasteiger partial charge >= 0.3 is 6.02 Å². The van der Waals surface area contributed by atoms with Crippen LogP contribution in [0.25, 0.3) is 0 Å². The molecular weight excluding hydrogens is 196 g/mol. The molecule has 1 heterocycles. The lowest BCUT2D eigenvalue weighted by Gasteiger charge is -2.33. The molecule has 1 amide bonds. The van der Waals surface area contributed by atoms with E-state index in [2.05, 4.69) is 9.98 Å². The van der Waals surface area contributed by atoms with Gasteiger partial charge in [-0.2, -0.15) is 9.98 Å². The predicted molar refractivity (Wildman–Crippen MR) is 55.0 cm³/mol. The van der Waals surface area contributed by atoms with Crippen LogP contribution < -0.4 is 0 Å². The third kappa shape index (κ3) is 1.39. The summed E-state index contributed by atoms with van der Waals surface area (Å²) in [5.41, 5.74) is -0.412. The van der Waals surface area contributed by atoms with Crippen molar-refractivity contribution in [2.75, 3.05) is 14.2 Å². The smallest absolute Gasteiger partial charge is 0.319 e. The molecule has 1 aliphatic carbocycles. The second kappa shape index (κ2) is 3.58. The molecule has 0 spiro atoms. The summed E-state index contributed by atoms with van der Waals surface area (Å²) in [6, 6.07) is 0.0919. The molecule has 0 aromatic carbocycles. The molecule has 0 saturated heterocycles. The summed E-state index contributed by atoms with van der Waals surface area (Å²) in [4.78, 5) is 19.7. The van der Waals surface area contributed by atoms with E-state index in [9.17, 15) is 4.79 Å². The average Bonchev–Trinajstić information content (AvgIpc) is 2.29. The molecule has 0 fully saturated rings. The van der Waals surface area contributed by atoms with Crippen LogP contribution >= 0.6 is 0 Å². The molecule has 15 heavy (non-hydrogen) atoms. The molecule has 0 N–H and O–H groups in total. The zero-order valence-corrected chi connectivity index (χ0v) is 8.69. The number of fused-ring (bicyclic) bond motifs is 1. The largest absolute Gasteiger partial charge is 0.467 e. The first-order valence-electron chi connectivity index (χ1n) is 4.71. The van der Waals surface area contributed by atoms with Gasteiger partial charge < -0.3 is 9.47 Å². The van der Waals surface area contributed by atoms with Gasteiger partial charge in [-0.25, -0.2) is 0 Å². The highest BCUT2D eigenvalue weighted by molar-refractivity contribution is 6.24. The lowest BCUT2D eigenvalue weighted by molar-refractivity contribution is -0.133. The Bertz CT molecular complexity index is 384. The van der Waals surface area contributed by atoms with Crippen molar-refractivity contribution >= 4 is 17.6 Å². The maximum Gasteiger partial charge on any atom is 0.319 e. The number of carbonyl (C=O) groups excluding carboxylic acids is 1. The van der Waals surface area contributed by atoms with Crippen molar-refractivity contribution in [1.29, 1.82) is 0 Å². The number of methoxy groups -OCH3 is 2. The Hall–Kier alpha value is -1.49. The number of nitrogens with zero attached hydrogens (tertiary/aromatic N) is 2. The fourth-order valence-electron chi connectivity index (χ4n) is 1.78. The average molecular weight is 208 g/mol. The number of aliphatic imine (C=N–C) groups is 2. The van der Waals surface area contributed by atoms with E-state index in [1.54, 1.807) is 6.08 Å². The zero-order valence-electron chi connectivity index (χ0n) is 8.69. The number of carbonyl (C=O) groups is 1. The number of rotatable bonds is 1. The topological polar surface area (TPSA) is 60.2 Å². The van der Waals surface area contributed by atoms with Gasteiger partial charge in [-0.3, -0.25) is 4.79 Å². The third-order valence-electron chi connectivity index (χ3n) is 2.64. The van der Waals surface area contributed by atoms with Crippen molar-refractivity contribution in [2.24, 2.45) is 9.98 Å². The lowest BCUT2D eigenvalue weighted by atomic mass is 9.85. The van der Waals surface area contributed by atoms with E-state index < -0.39 is 5.60 Å². The molecule has 2 aliphatic rings. The molecule has 0 radical (unpaired) electrons. The van der Waals surface area contributed by atoms with Crippen molar-refractivity contribution < 1.29 is 14.3 Å². The zero-order chi connectivity index (χ0) is 10.9. The van der Waals surface area contributed by atoms with Crippen LogP contribution in [-0.2, 0) is 14.3 Å². The quantitative estimate of drug-likeness (QED) is 0.637. The van der Waals surface area contributed by atoms with E-state index in [0.717, 1.165) is 6.42 Å². The highest BCUT2D eigenvalue weighted by atomic mass is 16.5. The van der Waals surface area contributed by atoms with E-state index >= 15 is 0 Å². The number of hydrogen-bond donors (Lipinski definition) is 0. The van der Waals surface area contributed by atoms with Crippen LogP contribution in [-0.4, -0.2) is 37.5 Å².